The smallest absolute Gasteiger partial charge is 0.243 e. The molecule has 0 aliphatic carbocycles. The van der Waals surface area contributed by atoms with Crippen LogP contribution in [0.3, 0.4) is 0 Å². The molecule has 0 saturated carbocycles. The molecule has 1 rings (SSSR count). The molecule has 1 amide bonds. The van der Waals surface area contributed by atoms with E-state index in [9.17, 15) is 13.2 Å². The maximum atomic E-state index is 12.4. The fourth-order valence-corrected chi connectivity index (χ4v) is 3.75. The topological polar surface area (TPSA) is 66.5 Å². The molecular weight excluding hydrogens is 312 g/mol. The van der Waals surface area contributed by atoms with Crippen LogP contribution in [0.25, 0.3) is 0 Å². The lowest BCUT2D eigenvalue weighted by Crippen LogP contribution is -2.30. The molecule has 0 bridgehead atoms. The minimum atomic E-state index is -3.41. The van der Waals surface area contributed by atoms with Crippen molar-refractivity contribution in [1.82, 2.24) is 9.62 Å². The van der Waals surface area contributed by atoms with Crippen molar-refractivity contribution in [2.45, 2.75) is 51.3 Å². The van der Waals surface area contributed by atoms with Crippen molar-refractivity contribution in [3.05, 3.63) is 29.8 Å². The van der Waals surface area contributed by atoms with Gasteiger partial charge in [0.05, 0.1) is 4.90 Å². The highest BCUT2D eigenvalue weighted by Gasteiger charge is 2.21. The van der Waals surface area contributed by atoms with Gasteiger partial charge < -0.3 is 5.32 Å². The second-order valence-electron chi connectivity index (χ2n) is 5.44. The molecule has 5 nitrogen and oxygen atoms in total. The SMILES string of the molecule is CCCCNC(=O)CCc1ccc(S(=O)(=O)N(CC)CC)cc1. The lowest BCUT2D eigenvalue weighted by atomic mass is 10.1. The van der Waals surface area contributed by atoms with E-state index in [1.807, 2.05) is 13.8 Å². The summed E-state index contributed by atoms with van der Waals surface area (Å²) < 4.78 is 26.2. The predicted molar refractivity (Wildman–Crippen MR) is 92.8 cm³/mol. The van der Waals surface area contributed by atoms with Gasteiger partial charge in [0.25, 0.3) is 0 Å². The van der Waals surface area contributed by atoms with E-state index < -0.39 is 10.0 Å². The van der Waals surface area contributed by atoms with E-state index in [0.29, 0.717) is 30.8 Å². The normalized spacial score (nSPS) is 11.7. The van der Waals surface area contributed by atoms with Gasteiger partial charge in [0.1, 0.15) is 0 Å². The lowest BCUT2D eigenvalue weighted by Gasteiger charge is -2.18. The Morgan fingerprint density at radius 2 is 1.70 bits per heavy atom. The van der Waals surface area contributed by atoms with Gasteiger partial charge in [0.15, 0.2) is 0 Å². The van der Waals surface area contributed by atoms with Crippen LogP contribution >= 0.6 is 0 Å². The molecule has 0 fully saturated rings. The van der Waals surface area contributed by atoms with Crippen LogP contribution in [0.2, 0.25) is 0 Å². The molecule has 0 aliphatic rings. The molecule has 0 heterocycles. The van der Waals surface area contributed by atoms with Crippen molar-refractivity contribution in [3.8, 4) is 0 Å². The van der Waals surface area contributed by atoms with Crippen molar-refractivity contribution >= 4 is 15.9 Å². The van der Waals surface area contributed by atoms with E-state index in [4.69, 9.17) is 0 Å². The predicted octanol–water partition coefficient (Wildman–Crippen LogP) is 2.57. The zero-order valence-corrected chi connectivity index (χ0v) is 15.2. The summed E-state index contributed by atoms with van der Waals surface area (Å²) in [4.78, 5) is 12.0. The average Bonchev–Trinajstić information content (AvgIpc) is 2.54. The number of sulfonamides is 1. The number of hydrogen-bond donors (Lipinski definition) is 1. The average molecular weight is 340 g/mol. The van der Waals surface area contributed by atoms with Gasteiger partial charge in [-0.25, -0.2) is 8.42 Å². The monoisotopic (exact) mass is 340 g/mol. The van der Waals surface area contributed by atoms with Crippen molar-refractivity contribution < 1.29 is 13.2 Å². The summed E-state index contributed by atoms with van der Waals surface area (Å²) in [7, 11) is -3.41. The van der Waals surface area contributed by atoms with Crippen molar-refractivity contribution in [2.24, 2.45) is 0 Å². The number of rotatable bonds is 10. The molecule has 130 valence electrons. The third kappa shape index (κ3) is 5.95. The van der Waals surface area contributed by atoms with Crippen LogP contribution in [0.4, 0.5) is 0 Å². The molecule has 0 atom stereocenters. The first-order valence-corrected chi connectivity index (χ1v) is 9.75. The van der Waals surface area contributed by atoms with E-state index in [0.717, 1.165) is 24.9 Å². The van der Waals surface area contributed by atoms with Crippen LogP contribution in [0.1, 0.15) is 45.6 Å². The van der Waals surface area contributed by atoms with Crippen molar-refractivity contribution in [2.75, 3.05) is 19.6 Å². The summed E-state index contributed by atoms with van der Waals surface area (Å²) >= 11 is 0. The quantitative estimate of drug-likeness (QED) is 0.666. The molecule has 0 unspecified atom stereocenters. The first-order chi connectivity index (χ1) is 11.0. The summed E-state index contributed by atoms with van der Waals surface area (Å²) in [5, 5.41) is 2.88. The molecule has 6 heteroatoms. The number of aryl methyl sites for hydroxylation is 1. The molecular formula is C17H28N2O3S. The first-order valence-electron chi connectivity index (χ1n) is 8.31. The molecule has 23 heavy (non-hydrogen) atoms. The summed E-state index contributed by atoms with van der Waals surface area (Å²) in [5.41, 5.74) is 0.967. The standard InChI is InChI=1S/C17H28N2O3S/c1-4-7-14-18-17(20)13-10-15-8-11-16(12-9-15)23(21,22)19(5-2)6-3/h8-9,11-12H,4-7,10,13-14H2,1-3H3,(H,18,20). The highest BCUT2D eigenvalue weighted by Crippen LogP contribution is 2.16. The minimum Gasteiger partial charge on any atom is -0.356 e. The van der Waals surface area contributed by atoms with Gasteiger partial charge in [-0.05, 0) is 30.5 Å². The number of amides is 1. The number of unbranched alkanes of at least 4 members (excludes halogenated alkanes) is 1. The van der Waals surface area contributed by atoms with Gasteiger partial charge in [-0.3, -0.25) is 4.79 Å². The van der Waals surface area contributed by atoms with Gasteiger partial charge in [-0.2, -0.15) is 4.31 Å². The van der Waals surface area contributed by atoms with Crippen LogP contribution in [0, 0.1) is 0 Å². The van der Waals surface area contributed by atoms with Gasteiger partial charge in [0, 0.05) is 26.1 Å². The third-order valence-electron chi connectivity index (χ3n) is 3.76. The number of benzene rings is 1. The Hall–Kier alpha value is -1.40. The van der Waals surface area contributed by atoms with Crippen molar-refractivity contribution in [1.29, 1.82) is 0 Å². The van der Waals surface area contributed by atoms with Crippen LogP contribution in [0.5, 0.6) is 0 Å². The number of carbonyl (C=O) groups excluding carboxylic acids is 1. The molecule has 1 aromatic carbocycles. The molecule has 0 spiro atoms. The van der Waals surface area contributed by atoms with Gasteiger partial charge >= 0.3 is 0 Å². The fraction of sp³-hybridized carbons (Fsp3) is 0.588. The van der Waals surface area contributed by atoms with E-state index in [-0.39, 0.29) is 5.91 Å². The zero-order chi connectivity index (χ0) is 17.3. The summed E-state index contributed by atoms with van der Waals surface area (Å²) in [6.07, 6.45) is 3.09. The van der Waals surface area contributed by atoms with Crippen LogP contribution in [0.15, 0.2) is 29.2 Å². The van der Waals surface area contributed by atoms with E-state index >= 15 is 0 Å². The molecule has 1 aromatic rings. The van der Waals surface area contributed by atoms with E-state index in [1.54, 1.807) is 24.3 Å². The molecule has 0 aromatic heterocycles. The molecule has 1 N–H and O–H groups in total. The second-order valence-corrected chi connectivity index (χ2v) is 7.37. The highest BCUT2D eigenvalue weighted by atomic mass is 32.2. The van der Waals surface area contributed by atoms with Crippen molar-refractivity contribution in [3.63, 3.8) is 0 Å². The van der Waals surface area contributed by atoms with Crippen LogP contribution in [-0.2, 0) is 21.2 Å². The van der Waals surface area contributed by atoms with E-state index in [1.165, 1.54) is 4.31 Å². The highest BCUT2D eigenvalue weighted by molar-refractivity contribution is 7.89. The largest absolute Gasteiger partial charge is 0.356 e. The number of hydrogen-bond acceptors (Lipinski definition) is 3. The Bertz CT molecular complexity index is 578. The minimum absolute atomic E-state index is 0.0401. The van der Waals surface area contributed by atoms with Gasteiger partial charge in [0.2, 0.25) is 15.9 Å². The fourth-order valence-electron chi connectivity index (χ4n) is 2.29. The number of carbonyl (C=O) groups is 1. The van der Waals surface area contributed by atoms with Crippen LogP contribution < -0.4 is 5.32 Å². The number of nitrogens with zero attached hydrogens (tertiary/aromatic N) is 1. The van der Waals surface area contributed by atoms with Gasteiger partial charge in [-0.15, -0.1) is 0 Å². The Kier molecular flexibility index (Phi) is 8.26. The Balaban J connectivity index is 2.62. The Morgan fingerprint density at radius 3 is 2.22 bits per heavy atom. The maximum absolute atomic E-state index is 12.4. The lowest BCUT2D eigenvalue weighted by molar-refractivity contribution is -0.121. The first kappa shape index (κ1) is 19.6. The maximum Gasteiger partial charge on any atom is 0.243 e. The number of nitrogens with one attached hydrogen (secondary N) is 1. The molecule has 0 radical (unpaired) electrons. The van der Waals surface area contributed by atoms with Gasteiger partial charge in [-0.1, -0.05) is 39.3 Å². The zero-order valence-electron chi connectivity index (χ0n) is 14.3. The Morgan fingerprint density at radius 1 is 1.09 bits per heavy atom. The summed E-state index contributed by atoms with van der Waals surface area (Å²) in [5.74, 6) is 0.0401. The van der Waals surface area contributed by atoms with Crippen LogP contribution in [-0.4, -0.2) is 38.3 Å². The molecule has 0 aliphatic heterocycles. The molecule has 0 saturated heterocycles. The van der Waals surface area contributed by atoms with E-state index in [2.05, 4.69) is 12.2 Å². The Labute approximate surface area is 140 Å². The second kappa shape index (κ2) is 9.67. The summed E-state index contributed by atoms with van der Waals surface area (Å²) in [6, 6.07) is 6.82. The summed E-state index contributed by atoms with van der Waals surface area (Å²) in [6.45, 7) is 7.37. The third-order valence-corrected chi connectivity index (χ3v) is 5.82.